The van der Waals surface area contributed by atoms with Crippen LogP contribution in [0.3, 0.4) is 0 Å². The molecule has 1 heterocycles. The van der Waals surface area contributed by atoms with Gasteiger partial charge in [0.25, 0.3) is 0 Å². The van der Waals surface area contributed by atoms with E-state index in [4.69, 9.17) is 5.11 Å². The third-order valence-corrected chi connectivity index (χ3v) is 4.37. The molecule has 1 aromatic heterocycles. The van der Waals surface area contributed by atoms with Crippen molar-refractivity contribution in [2.45, 2.75) is 6.42 Å². The Hall–Kier alpha value is -2.44. The van der Waals surface area contributed by atoms with Crippen molar-refractivity contribution in [3.8, 4) is 10.6 Å². The number of aliphatic hydroxyl groups excluding tert-OH is 1. The highest BCUT2D eigenvalue weighted by atomic mass is 32.1. The Balaban J connectivity index is 1.75. The molecule has 0 aliphatic rings. The first-order valence-electron chi connectivity index (χ1n) is 7.38. The maximum Gasteiger partial charge on any atom is 0.319 e. The van der Waals surface area contributed by atoms with Gasteiger partial charge in [-0.2, -0.15) is 0 Å². The molecule has 0 unspecified atom stereocenters. The molecule has 0 saturated heterocycles. The van der Waals surface area contributed by atoms with E-state index in [0.29, 0.717) is 18.7 Å². The Morgan fingerprint density at radius 1 is 1.17 bits per heavy atom. The van der Waals surface area contributed by atoms with Crippen molar-refractivity contribution < 1.29 is 9.90 Å². The number of aliphatic hydroxyl groups is 1. The predicted octanol–water partition coefficient (Wildman–Crippen LogP) is 3.47. The van der Waals surface area contributed by atoms with Crippen LogP contribution in [0.5, 0.6) is 0 Å². The summed E-state index contributed by atoms with van der Waals surface area (Å²) in [7, 11) is 0. The van der Waals surface area contributed by atoms with E-state index < -0.39 is 0 Å². The van der Waals surface area contributed by atoms with Crippen LogP contribution in [0.2, 0.25) is 0 Å². The van der Waals surface area contributed by atoms with Crippen molar-refractivity contribution in [2.24, 2.45) is 0 Å². The summed E-state index contributed by atoms with van der Waals surface area (Å²) >= 11 is 1.63. The fourth-order valence-electron chi connectivity index (χ4n) is 2.18. The summed E-state index contributed by atoms with van der Waals surface area (Å²) in [5, 5.41) is 15.1. The molecule has 5 nitrogen and oxygen atoms in total. The van der Waals surface area contributed by atoms with Gasteiger partial charge in [-0.25, -0.2) is 9.78 Å². The fourth-order valence-corrected chi connectivity index (χ4v) is 3.14. The molecule has 3 aromatic rings. The smallest absolute Gasteiger partial charge is 0.319 e. The average Bonchev–Trinajstić information content (AvgIpc) is 2.99. The van der Waals surface area contributed by atoms with Gasteiger partial charge in [0, 0.05) is 24.4 Å². The van der Waals surface area contributed by atoms with E-state index in [0.717, 1.165) is 20.8 Å². The zero-order valence-electron chi connectivity index (χ0n) is 12.5. The van der Waals surface area contributed by atoms with Gasteiger partial charge in [0.15, 0.2) is 0 Å². The molecule has 23 heavy (non-hydrogen) atoms. The van der Waals surface area contributed by atoms with E-state index in [1.807, 2.05) is 48.5 Å². The Morgan fingerprint density at radius 2 is 2.04 bits per heavy atom. The number of para-hydroxylation sites is 1. The van der Waals surface area contributed by atoms with E-state index >= 15 is 0 Å². The van der Waals surface area contributed by atoms with Crippen molar-refractivity contribution in [3.63, 3.8) is 0 Å². The van der Waals surface area contributed by atoms with Crippen molar-refractivity contribution in [3.05, 3.63) is 48.5 Å². The van der Waals surface area contributed by atoms with E-state index in [9.17, 15) is 4.79 Å². The van der Waals surface area contributed by atoms with E-state index in [1.165, 1.54) is 0 Å². The quantitative estimate of drug-likeness (QED) is 0.628. The highest BCUT2D eigenvalue weighted by Crippen LogP contribution is 2.31. The van der Waals surface area contributed by atoms with Gasteiger partial charge < -0.3 is 15.7 Å². The molecule has 3 rings (SSSR count). The van der Waals surface area contributed by atoms with Crippen LogP contribution in [-0.4, -0.2) is 29.3 Å². The van der Waals surface area contributed by atoms with E-state index in [2.05, 4.69) is 15.6 Å². The monoisotopic (exact) mass is 327 g/mol. The summed E-state index contributed by atoms with van der Waals surface area (Å²) in [6, 6.07) is 15.3. The lowest BCUT2D eigenvalue weighted by molar-refractivity contribution is 0.249. The largest absolute Gasteiger partial charge is 0.396 e. The molecule has 2 aromatic carbocycles. The van der Waals surface area contributed by atoms with E-state index in [1.54, 1.807) is 11.3 Å². The first kappa shape index (κ1) is 15.5. The summed E-state index contributed by atoms with van der Waals surface area (Å²) in [6.07, 6.45) is 0.541. The Morgan fingerprint density at radius 3 is 2.87 bits per heavy atom. The molecule has 0 aliphatic heterocycles. The standard InChI is InChI=1S/C17H17N3O2S/c21-10-4-9-18-17(22)19-13-6-3-5-12(11-13)16-20-14-7-1-2-8-15(14)23-16/h1-3,5-8,11,21H,4,9-10H2,(H2,18,19,22). The average molecular weight is 327 g/mol. The lowest BCUT2D eigenvalue weighted by Crippen LogP contribution is -2.29. The molecule has 0 bridgehead atoms. The summed E-state index contributed by atoms with van der Waals surface area (Å²) in [5.41, 5.74) is 2.66. The number of nitrogens with zero attached hydrogens (tertiary/aromatic N) is 1. The first-order valence-corrected chi connectivity index (χ1v) is 8.19. The second kappa shape index (κ2) is 7.21. The Labute approximate surface area is 138 Å². The summed E-state index contributed by atoms with van der Waals surface area (Å²) < 4.78 is 1.14. The Bertz CT molecular complexity index is 783. The second-order valence-electron chi connectivity index (χ2n) is 5.03. The fraction of sp³-hybridized carbons (Fsp3) is 0.176. The number of anilines is 1. The molecule has 6 heteroatoms. The van der Waals surface area contributed by atoms with Crippen LogP contribution in [-0.2, 0) is 0 Å². The molecule has 0 saturated carbocycles. The molecule has 0 spiro atoms. The molecule has 0 aliphatic carbocycles. The van der Waals surface area contributed by atoms with E-state index in [-0.39, 0.29) is 12.6 Å². The zero-order valence-corrected chi connectivity index (χ0v) is 13.3. The number of nitrogens with one attached hydrogen (secondary N) is 2. The van der Waals surface area contributed by atoms with Crippen LogP contribution in [0.4, 0.5) is 10.5 Å². The summed E-state index contributed by atoms with van der Waals surface area (Å²) in [5.74, 6) is 0. The van der Waals surface area contributed by atoms with Gasteiger partial charge in [-0.15, -0.1) is 11.3 Å². The minimum atomic E-state index is -0.278. The molecule has 118 valence electrons. The molecule has 3 N–H and O–H groups in total. The van der Waals surface area contributed by atoms with Crippen LogP contribution in [0.1, 0.15) is 6.42 Å². The normalized spacial score (nSPS) is 10.7. The number of thiazole rings is 1. The number of fused-ring (bicyclic) bond motifs is 1. The van der Waals surface area contributed by atoms with Gasteiger partial charge >= 0.3 is 6.03 Å². The number of hydrogen-bond donors (Lipinski definition) is 3. The van der Waals surface area contributed by atoms with Gasteiger partial charge in [0.2, 0.25) is 0 Å². The molecule has 2 amide bonds. The number of urea groups is 1. The Kier molecular flexibility index (Phi) is 4.85. The lowest BCUT2D eigenvalue weighted by Gasteiger charge is -2.07. The van der Waals surface area contributed by atoms with Gasteiger partial charge in [-0.1, -0.05) is 24.3 Å². The minimum Gasteiger partial charge on any atom is -0.396 e. The predicted molar refractivity (Wildman–Crippen MR) is 93.8 cm³/mol. The number of carbonyl (C=O) groups is 1. The minimum absolute atomic E-state index is 0.0629. The highest BCUT2D eigenvalue weighted by molar-refractivity contribution is 7.21. The van der Waals surface area contributed by atoms with Gasteiger partial charge in [-0.3, -0.25) is 0 Å². The molecule has 0 atom stereocenters. The summed E-state index contributed by atoms with van der Waals surface area (Å²) in [4.78, 5) is 16.4. The highest BCUT2D eigenvalue weighted by Gasteiger charge is 2.07. The number of carbonyl (C=O) groups excluding carboxylic acids is 1. The number of aromatic nitrogens is 1. The van der Waals surface area contributed by atoms with Crippen LogP contribution in [0, 0.1) is 0 Å². The maximum absolute atomic E-state index is 11.8. The third kappa shape index (κ3) is 3.85. The van der Waals surface area contributed by atoms with Crippen LogP contribution < -0.4 is 10.6 Å². The van der Waals surface area contributed by atoms with Crippen LogP contribution in [0.15, 0.2) is 48.5 Å². The van der Waals surface area contributed by atoms with Crippen LogP contribution >= 0.6 is 11.3 Å². The maximum atomic E-state index is 11.8. The van der Waals surface area contributed by atoms with Crippen molar-refractivity contribution in [1.82, 2.24) is 10.3 Å². The second-order valence-corrected chi connectivity index (χ2v) is 6.06. The molecular formula is C17H17N3O2S. The molecule has 0 radical (unpaired) electrons. The topological polar surface area (TPSA) is 74.2 Å². The van der Waals surface area contributed by atoms with Crippen molar-refractivity contribution in [2.75, 3.05) is 18.5 Å². The number of rotatable bonds is 5. The van der Waals surface area contributed by atoms with Crippen molar-refractivity contribution >= 4 is 33.3 Å². The SMILES string of the molecule is O=C(NCCCO)Nc1cccc(-c2nc3ccccc3s2)c1. The third-order valence-electron chi connectivity index (χ3n) is 3.28. The molecule has 0 fully saturated rings. The molecular weight excluding hydrogens is 310 g/mol. The number of benzene rings is 2. The van der Waals surface area contributed by atoms with Gasteiger partial charge in [0.05, 0.1) is 10.2 Å². The van der Waals surface area contributed by atoms with Gasteiger partial charge in [-0.05, 0) is 30.7 Å². The van der Waals surface area contributed by atoms with Crippen LogP contribution in [0.25, 0.3) is 20.8 Å². The zero-order chi connectivity index (χ0) is 16.1. The number of amides is 2. The summed E-state index contributed by atoms with van der Waals surface area (Å²) in [6.45, 7) is 0.507. The lowest BCUT2D eigenvalue weighted by atomic mass is 10.2. The van der Waals surface area contributed by atoms with Crippen molar-refractivity contribution in [1.29, 1.82) is 0 Å². The first-order chi connectivity index (χ1) is 11.3. The van der Waals surface area contributed by atoms with Gasteiger partial charge in [0.1, 0.15) is 5.01 Å². The number of hydrogen-bond acceptors (Lipinski definition) is 4.